The minimum absolute atomic E-state index is 0.827. The summed E-state index contributed by atoms with van der Waals surface area (Å²) in [5, 5.41) is 9.03. The van der Waals surface area contributed by atoms with Crippen LogP contribution in [0, 0.1) is 0 Å². The maximum atomic E-state index is 2.47. The Bertz CT molecular complexity index is 1810. The highest BCUT2D eigenvalue weighted by Gasteiger charge is 2.28. The van der Waals surface area contributed by atoms with Gasteiger partial charge in [-0.05, 0) is 132 Å². The summed E-state index contributed by atoms with van der Waals surface area (Å²) in [6, 6.07) is 56.6. The van der Waals surface area contributed by atoms with Crippen molar-refractivity contribution >= 4 is 47.7 Å². The van der Waals surface area contributed by atoms with Crippen molar-refractivity contribution in [3.63, 3.8) is 0 Å². The minimum Gasteiger partial charge on any atom is -0.0654 e. The fourth-order valence-electron chi connectivity index (χ4n) is 7.80. The van der Waals surface area contributed by atoms with E-state index in [-0.39, 0.29) is 0 Å². The normalized spacial score (nSPS) is 11.4. The fourth-order valence-corrected chi connectivity index (χ4v) is 13.5. The Labute approximate surface area is 330 Å². The van der Waals surface area contributed by atoms with E-state index in [1.165, 1.54) is 117 Å². The number of aryl methyl sites for hydroxylation is 4. The molecule has 6 rings (SSSR count). The highest BCUT2D eigenvalue weighted by atomic mass is 31.1. The van der Waals surface area contributed by atoms with Gasteiger partial charge in [0.05, 0.1) is 0 Å². The van der Waals surface area contributed by atoms with E-state index < -0.39 is 15.8 Å². The molecular formula is C52H60P2. The molecule has 0 nitrogen and oxygen atoms in total. The Morgan fingerprint density at radius 2 is 0.500 bits per heavy atom. The summed E-state index contributed by atoms with van der Waals surface area (Å²) in [6.45, 7) is 9.26. The number of hydrogen-bond donors (Lipinski definition) is 0. The second kappa shape index (κ2) is 20.7. The van der Waals surface area contributed by atoms with Crippen LogP contribution >= 0.6 is 15.8 Å². The Morgan fingerprint density at radius 1 is 0.278 bits per heavy atom. The molecule has 0 saturated heterocycles. The van der Waals surface area contributed by atoms with E-state index in [1.54, 1.807) is 0 Å². The van der Waals surface area contributed by atoms with Gasteiger partial charge in [-0.1, -0.05) is 199 Å². The third-order valence-electron chi connectivity index (χ3n) is 10.7. The summed E-state index contributed by atoms with van der Waals surface area (Å²) in [5.41, 5.74) is 8.82. The van der Waals surface area contributed by atoms with Crippen LogP contribution in [0.1, 0.15) is 101 Å². The van der Waals surface area contributed by atoms with Crippen LogP contribution in [0.3, 0.4) is 0 Å². The first kappa shape index (κ1) is 39.9. The van der Waals surface area contributed by atoms with Gasteiger partial charge in [-0.25, -0.2) is 0 Å². The first-order valence-corrected chi connectivity index (χ1v) is 23.5. The number of hydrogen-bond acceptors (Lipinski definition) is 0. The van der Waals surface area contributed by atoms with Crippen molar-refractivity contribution in [1.82, 2.24) is 0 Å². The van der Waals surface area contributed by atoms with Crippen LogP contribution in [-0.2, 0) is 25.7 Å². The van der Waals surface area contributed by atoms with E-state index in [0.717, 1.165) is 25.7 Å². The van der Waals surface area contributed by atoms with Gasteiger partial charge in [-0.3, -0.25) is 0 Å². The Kier molecular flexibility index (Phi) is 15.3. The van der Waals surface area contributed by atoms with E-state index in [2.05, 4.69) is 173 Å². The molecule has 6 aromatic carbocycles. The smallest absolute Gasteiger partial charge is 0.00722 e. The van der Waals surface area contributed by atoms with Crippen molar-refractivity contribution in [2.24, 2.45) is 0 Å². The molecule has 6 aromatic rings. The predicted molar refractivity (Wildman–Crippen MR) is 244 cm³/mol. The lowest BCUT2D eigenvalue weighted by molar-refractivity contribution is 0.797. The van der Waals surface area contributed by atoms with Crippen LogP contribution in [0.5, 0.6) is 0 Å². The van der Waals surface area contributed by atoms with E-state index in [9.17, 15) is 0 Å². The average Bonchev–Trinajstić information content (AvgIpc) is 3.23. The van der Waals surface area contributed by atoms with Crippen molar-refractivity contribution < 1.29 is 0 Å². The molecule has 0 unspecified atom stereocenters. The zero-order valence-corrected chi connectivity index (χ0v) is 35.0. The summed E-state index contributed by atoms with van der Waals surface area (Å²) in [4.78, 5) is 0. The summed E-state index contributed by atoms with van der Waals surface area (Å²) < 4.78 is 0. The maximum Gasteiger partial charge on any atom is -0.00722 e. The van der Waals surface area contributed by atoms with Gasteiger partial charge < -0.3 is 0 Å². The second-order valence-corrected chi connectivity index (χ2v) is 18.9. The van der Waals surface area contributed by atoms with Crippen molar-refractivity contribution in [2.75, 3.05) is 0 Å². The molecule has 0 saturated carbocycles. The molecule has 0 aliphatic carbocycles. The van der Waals surface area contributed by atoms with Crippen LogP contribution in [-0.4, -0.2) is 0 Å². The largest absolute Gasteiger partial charge is 0.0654 e. The monoisotopic (exact) mass is 746 g/mol. The Balaban J connectivity index is 1.62. The van der Waals surface area contributed by atoms with Gasteiger partial charge in [-0.2, -0.15) is 0 Å². The van der Waals surface area contributed by atoms with Gasteiger partial charge in [0.25, 0.3) is 0 Å². The molecule has 0 N–H and O–H groups in total. The van der Waals surface area contributed by atoms with Crippen LogP contribution in [0.15, 0.2) is 146 Å². The molecule has 0 atom stereocenters. The molecule has 0 aliphatic heterocycles. The average molecular weight is 747 g/mol. The lowest BCUT2D eigenvalue weighted by atomic mass is 10.1. The zero-order valence-electron chi connectivity index (χ0n) is 33.2. The van der Waals surface area contributed by atoms with Crippen molar-refractivity contribution in [3.05, 3.63) is 168 Å². The molecule has 0 fully saturated rings. The predicted octanol–water partition coefficient (Wildman–Crippen LogP) is 12.2. The summed E-state index contributed by atoms with van der Waals surface area (Å²) >= 11 is 0. The van der Waals surface area contributed by atoms with Gasteiger partial charge >= 0.3 is 0 Å². The summed E-state index contributed by atoms with van der Waals surface area (Å²) in [5.74, 6) is 0. The zero-order chi connectivity index (χ0) is 37.5. The minimum atomic E-state index is -0.827. The lowest BCUT2D eigenvalue weighted by Gasteiger charge is -2.29. The van der Waals surface area contributed by atoms with Crippen molar-refractivity contribution in [3.8, 4) is 11.1 Å². The van der Waals surface area contributed by atoms with Gasteiger partial charge in [0, 0.05) is 0 Å². The van der Waals surface area contributed by atoms with E-state index in [4.69, 9.17) is 0 Å². The van der Waals surface area contributed by atoms with E-state index in [1.807, 2.05) is 0 Å². The molecule has 0 bridgehead atoms. The van der Waals surface area contributed by atoms with Crippen molar-refractivity contribution in [1.29, 1.82) is 0 Å². The Hall–Kier alpha value is -3.82. The molecule has 278 valence electrons. The summed E-state index contributed by atoms with van der Waals surface area (Å²) in [6.07, 6.45) is 14.1. The highest BCUT2D eigenvalue weighted by molar-refractivity contribution is 7.81. The summed E-state index contributed by atoms with van der Waals surface area (Å²) in [7, 11) is -1.65. The second-order valence-electron chi connectivity index (χ2n) is 14.6. The van der Waals surface area contributed by atoms with Gasteiger partial charge in [0.15, 0.2) is 0 Å². The quantitative estimate of drug-likeness (QED) is 0.0724. The molecule has 0 heterocycles. The van der Waals surface area contributed by atoms with Gasteiger partial charge in [-0.15, -0.1) is 0 Å². The van der Waals surface area contributed by atoms with Crippen LogP contribution < -0.4 is 31.8 Å². The molecular weight excluding hydrogens is 687 g/mol. The van der Waals surface area contributed by atoms with Crippen LogP contribution in [0.2, 0.25) is 0 Å². The van der Waals surface area contributed by atoms with Gasteiger partial charge in [0.2, 0.25) is 0 Å². The topological polar surface area (TPSA) is 0 Å². The fraction of sp³-hybridized carbons (Fsp3) is 0.308. The molecule has 0 spiro atoms. The molecule has 0 aliphatic rings. The SMILES string of the molecule is CCCCc1ccccc1P(c1ccccc1CCCC)c1ccccc1-c1ccccc1P(c1ccccc1CCCC)c1ccccc1CCCC. The molecule has 2 heteroatoms. The Morgan fingerprint density at radius 3 is 0.759 bits per heavy atom. The van der Waals surface area contributed by atoms with Crippen LogP contribution in [0.25, 0.3) is 11.1 Å². The molecule has 0 aromatic heterocycles. The number of rotatable bonds is 19. The molecule has 54 heavy (non-hydrogen) atoms. The highest BCUT2D eigenvalue weighted by Crippen LogP contribution is 2.43. The third-order valence-corrected chi connectivity index (χ3v) is 16.1. The van der Waals surface area contributed by atoms with E-state index in [0.29, 0.717) is 0 Å². The molecule has 0 radical (unpaired) electrons. The third kappa shape index (κ3) is 9.51. The number of benzene rings is 6. The molecule has 0 amide bonds. The standard InChI is InChI=1S/C52H60P2/c1-5-9-25-41-29-13-19-35-47(41)53(48-36-20-14-30-42(48)26-10-6-2)51-39-23-17-33-45(51)46-34-18-24-40-52(46)54(49-37-21-15-31-43(49)27-11-7-3)50-38-22-16-32-44(50)28-12-8-4/h13-24,29-40H,5-12,25-28H2,1-4H3. The number of unbranched alkanes of at least 4 members (excludes halogenated alkanes) is 4. The van der Waals surface area contributed by atoms with E-state index >= 15 is 0 Å². The van der Waals surface area contributed by atoms with Crippen molar-refractivity contribution in [2.45, 2.75) is 105 Å². The van der Waals surface area contributed by atoms with Gasteiger partial charge in [0.1, 0.15) is 0 Å². The first-order valence-electron chi connectivity index (χ1n) is 20.8. The lowest BCUT2D eigenvalue weighted by Crippen LogP contribution is -2.29. The first-order chi connectivity index (χ1) is 26.7. The van der Waals surface area contributed by atoms with Crippen LogP contribution in [0.4, 0.5) is 0 Å². The maximum absolute atomic E-state index is 2.47.